The summed E-state index contributed by atoms with van der Waals surface area (Å²) in [6.45, 7) is 5.01. The Bertz CT molecular complexity index is 331. The van der Waals surface area contributed by atoms with Gasteiger partial charge in [-0.3, -0.25) is 0 Å². The molecular formula is C10H16N4O. The van der Waals surface area contributed by atoms with Crippen molar-refractivity contribution in [3.8, 4) is 5.88 Å². The fourth-order valence-corrected chi connectivity index (χ4v) is 1.71. The van der Waals surface area contributed by atoms with E-state index in [-0.39, 0.29) is 0 Å². The van der Waals surface area contributed by atoms with E-state index in [4.69, 9.17) is 4.74 Å². The Labute approximate surface area is 89.5 Å². The summed E-state index contributed by atoms with van der Waals surface area (Å²) in [5.74, 6) is 1.37. The molecule has 0 unspecified atom stereocenters. The third-order valence-electron chi connectivity index (χ3n) is 2.48. The molecule has 0 aliphatic carbocycles. The molecule has 1 aromatic rings. The van der Waals surface area contributed by atoms with Gasteiger partial charge in [-0.05, 0) is 6.92 Å². The minimum absolute atomic E-state index is 0.480. The number of hydrogen-bond acceptors (Lipinski definition) is 5. The maximum absolute atomic E-state index is 5.08. The lowest BCUT2D eigenvalue weighted by Crippen LogP contribution is -2.49. The van der Waals surface area contributed by atoms with Crippen LogP contribution in [0.5, 0.6) is 5.88 Å². The molecule has 1 N–H and O–H groups in total. The lowest BCUT2D eigenvalue weighted by molar-refractivity contribution is 0.395. The van der Waals surface area contributed by atoms with Gasteiger partial charge in [0.1, 0.15) is 0 Å². The van der Waals surface area contributed by atoms with Gasteiger partial charge >= 0.3 is 0 Å². The molecule has 0 bridgehead atoms. The van der Waals surface area contributed by atoms with Gasteiger partial charge in [0.05, 0.1) is 7.11 Å². The van der Waals surface area contributed by atoms with Crippen LogP contribution in [0.25, 0.3) is 0 Å². The van der Waals surface area contributed by atoms with Crippen molar-refractivity contribution in [2.45, 2.75) is 13.0 Å². The highest BCUT2D eigenvalue weighted by Crippen LogP contribution is 2.13. The minimum atomic E-state index is 0.480. The Morgan fingerprint density at radius 1 is 1.60 bits per heavy atom. The molecule has 5 heteroatoms. The monoisotopic (exact) mass is 208 g/mol. The Kier molecular flexibility index (Phi) is 3.01. The molecule has 0 amide bonds. The minimum Gasteiger partial charge on any atom is -0.481 e. The first-order valence-corrected chi connectivity index (χ1v) is 5.15. The molecular weight excluding hydrogens is 192 g/mol. The van der Waals surface area contributed by atoms with E-state index in [9.17, 15) is 0 Å². The van der Waals surface area contributed by atoms with E-state index in [0.717, 1.165) is 25.6 Å². The summed E-state index contributed by atoms with van der Waals surface area (Å²) in [5.41, 5.74) is 0. The van der Waals surface area contributed by atoms with Crippen molar-refractivity contribution in [1.29, 1.82) is 0 Å². The topological polar surface area (TPSA) is 50.3 Å². The van der Waals surface area contributed by atoms with E-state index in [2.05, 4.69) is 27.1 Å². The quantitative estimate of drug-likeness (QED) is 0.756. The number of methoxy groups -OCH3 is 1. The van der Waals surface area contributed by atoms with Gasteiger partial charge in [0.15, 0.2) is 0 Å². The highest BCUT2D eigenvalue weighted by molar-refractivity contribution is 5.33. The molecule has 0 aromatic carbocycles. The molecule has 0 spiro atoms. The molecule has 82 valence electrons. The summed E-state index contributed by atoms with van der Waals surface area (Å²) in [7, 11) is 1.62. The van der Waals surface area contributed by atoms with Crippen molar-refractivity contribution in [3.05, 3.63) is 12.3 Å². The van der Waals surface area contributed by atoms with Crippen molar-refractivity contribution < 1.29 is 4.74 Å². The average Bonchev–Trinajstić information content (AvgIpc) is 2.29. The zero-order valence-corrected chi connectivity index (χ0v) is 9.10. The number of ether oxygens (including phenoxy) is 1. The molecule has 1 saturated heterocycles. The molecule has 1 aliphatic heterocycles. The third-order valence-corrected chi connectivity index (χ3v) is 2.48. The van der Waals surface area contributed by atoms with Gasteiger partial charge in [-0.2, -0.15) is 4.98 Å². The van der Waals surface area contributed by atoms with Crippen LogP contribution in [-0.4, -0.2) is 42.8 Å². The van der Waals surface area contributed by atoms with Crippen molar-refractivity contribution in [2.75, 3.05) is 31.6 Å². The Hall–Kier alpha value is -1.36. The van der Waals surface area contributed by atoms with Crippen LogP contribution in [0.4, 0.5) is 5.95 Å². The van der Waals surface area contributed by atoms with Crippen LogP contribution in [0.3, 0.4) is 0 Å². The van der Waals surface area contributed by atoms with E-state index in [1.807, 2.05) is 0 Å². The second-order valence-corrected chi connectivity index (χ2v) is 3.70. The van der Waals surface area contributed by atoms with Gasteiger partial charge in [0.25, 0.3) is 0 Å². The van der Waals surface area contributed by atoms with Crippen LogP contribution in [-0.2, 0) is 0 Å². The van der Waals surface area contributed by atoms with Crippen LogP contribution in [0, 0.1) is 0 Å². The summed E-state index contributed by atoms with van der Waals surface area (Å²) in [6.07, 6.45) is 1.73. The molecule has 1 aliphatic rings. The van der Waals surface area contributed by atoms with Crippen LogP contribution in [0.1, 0.15) is 6.92 Å². The molecule has 5 nitrogen and oxygen atoms in total. The van der Waals surface area contributed by atoms with Crippen molar-refractivity contribution in [2.24, 2.45) is 0 Å². The molecule has 1 atom stereocenters. The van der Waals surface area contributed by atoms with E-state index in [0.29, 0.717) is 11.9 Å². The van der Waals surface area contributed by atoms with Gasteiger partial charge in [-0.1, -0.05) is 0 Å². The Balaban J connectivity index is 2.13. The van der Waals surface area contributed by atoms with Crippen LogP contribution < -0.4 is 15.0 Å². The number of piperazine rings is 1. The Morgan fingerprint density at radius 3 is 3.20 bits per heavy atom. The van der Waals surface area contributed by atoms with Gasteiger partial charge in [-0.25, -0.2) is 4.98 Å². The highest BCUT2D eigenvalue weighted by atomic mass is 16.5. The lowest BCUT2D eigenvalue weighted by atomic mass is 10.2. The summed E-state index contributed by atoms with van der Waals surface area (Å²) < 4.78 is 5.08. The second kappa shape index (κ2) is 4.44. The first-order chi connectivity index (χ1) is 7.29. The summed E-state index contributed by atoms with van der Waals surface area (Å²) >= 11 is 0. The molecule has 0 saturated carbocycles. The predicted molar refractivity (Wildman–Crippen MR) is 58.3 cm³/mol. The van der Waals surface area contributed by atoms with Crippen molar-refractivity contribution in [3.63, 3.8) is 0 Å². The zero-order chi connectivity index (χ0) is 10.7. The summed E-state index contributed by atoms with van der Waals surface area (Å²) in [4.78, 5) is 10.7. The maximum atomic E-state index is 5.08. The first-order valence-electron chi connectivity index (χ1n) is 5.15. The van der Waals surface area contributed by atoms with Gasteiger partial charge in [-0.15, -0.1) is 0 Å². The summed E-state index contributed by atoms with van der Waals surface area (Å²) in [6, 6.07) is 2.24. The van der Waals surface area contributed by atoms with E-state index in [1.165, 1.54) is 0 Å². The van der Waals surface area contributed by atoms with Crippen LogP contribution in [0.15, 0.2) is 12.3 Å². The SMILES string of the molecule is COc1ccnc(N2CCN[C@@H](C)C2)n1. The number of nitrogens with zero attached hydrogens (tertiary/aromatic N) is 3. The van der Waals surface area contributed by atoms with Gasteiger partial charge < -0.3 is 15.0 Å². The molecule has 15 heavy (non-hydrogen) atoms. The molecule has 1 aromatic heterocycles. The third kappa shape index (κ3) is 2.36. The zero-order valence-electron chi connectivity index (χ0n) is 9.10. The molecule has 1 fully saturated rings. The number of aromatic nitrogens is 2. The van der Waals surface area contributed by atoms with Gasteiger partial charge in [0.2, 0.25) is 11.8 Å². The van der Waals surface area contributed by atoms with Crippen LogP contribution in [0.2, 0.25) is 0 Å². The molecule has 2 heterocycles. The van der Waals surface area contributed by atoms with Crippen molar-refractivity contribution in [1.82, 2.24) is 15.3 Å². The maximum Gasteiger partial charge on any atom is 0.228 e. The standard InChI is InChI=1S/C10H16N4O/c1-8-7-14(6-5-11-8)10-12-4-3-9(13-10)15-2/h3-4,8,11H,5-7H2,1-2H3/t8-/m0/s1. The van der Waals surface area contributed by atoms with Gasteiger partial charge in [0, 0.05) is 37.9 Å². The fraction of sp³-hybridized carbons (Fsp3) is 0.600. The summed E-state index contributed by atoms with van der Waals surface area (Å²) in [5, 5.41) is 3.38. The number of nitrogens with one attached hydrogen (secondary N) is 1. The van der Waals surface area contributed by atoms with E-state index in [1.54, 1.807) is 19.4 Å². The smallest absolute Gasteiger partial charge is 0.228 e. The molecule has 0 radical (unpaired) electrons. The lowest BCUT2D eigenvalue weighted by Gasteiger charge is -2.31. The van der Waals surface area contributed by atoms with E-state index >= 15 is 0 Å². The molecule has 2 rings (SSSR count). The number of hydrogen-bond donors (Lipinski definition) is 1. The number of rotatable bonds is 2. The average molecular weight is 208 g/mol. The largest absolute Gasteiger partial charge is 0.481 e. The van der Waals surface area contributed by atoms with Crippen LogP contribution >= 0.6 is 0 Å². The first kappa shape index (κ1) is 10.2. The highest BCUT2D eigenvalue weighted by Gasteiger charge is 2.17. The number of anilines is 1. The van der Waals surface area contributed by atoms with E-state index < -0.39 is 0 Å². The predicted octanol–water partition coefficient (Wildman–Crippen LogP) is 0.283. The second-order valence-electron chi connectivity index (χ2n) is 3.70. The Morgan fingerprint density at radius 2 is 2.47 bits per heavy atom. The fourth-order valence-electron chi connectivity index (χ4n) is 1.71. The van der Waals surface area contributed by atoms with Crippen molar-refractivity contribution >= 4 is 5.95 Å². The normalized spacial score (nSPS) is 21.5.